The van der Waals surface area contributed by atoms with Crippen LogP contribution in [0.15, 0.2) is 18.2 Å². The SMILES string of the molecule is COc1nc(N2CC3CCC(C2)N3)c2cc(Cl)c(-c3ccc(C)c4[nH]nc(C#N)c34)c(F)c2n1. The van der Waals surface area contributed by atoms with Crippen molar-refractivity contribution in [1.82, 2.24) is 25.5 Å². The van der Waals surface area contributed by atoms with Gasteiger partial charge in [-0.3, -0.25) is 5.10 Å². The molecule has 2 aromatic carbocycles. The number of methoxy groups -OCH3 is 1. The van der Waals surface area contributed by atoms with Crippen LogP contribution in [0.5, 0.6) is 6.01 Å². The van der Waals surface area contributed by atoms with Crippen molar-refractivity contribution >= 4 is 39.2 Å². The third-order valence-corrected chi connectivity index (χ3v) is 7.14. The summed E-state index contributed by atoms with van der Waals surface area (Å²) in [6.45, 7) is 3.44. The number of hydrogen-bond donors (Lipinski definition) is 2. The van der Waals surface area contributed by atoms with Crippen LogP contribution in [0.1, 0.15) is 24.1 Å². The smallest absolute Gasteiger partial charge is 0.318 e. The average Bonchev–Trinajstić information content (AvgIpc) is 3.43. The Balaban J connectivity index is 1.61. The highest BCUT2D eigenvalue weighted by Gasteiger charge is 2.34. The number of piperazine rings is 1. The van der Waals surface area contributed by atoms with Gasteiger partial charge in [0.05, 0.1) is 17.6 Å². The van der Waals surface area contributed by atoms with Crippen molar-refractivity contribution in [3.05, 3.63) is 40.3 Å². The molecule has 0 radical (unpaired) electrons. The van der Waals surface area contributed by atoms with E-state index >= 15 is 4.39 Å². The maximum atomic E-state index is 16.2. The summed E-state index contributed by atoms with van der Waals surface area (Å²) in [6.07, 6.45) is 2.21. The van der Waals surface area contributed by atoms with Crippen LogP contribution in [-0.2, 0) is 0 Å². The number of nitriles is 1. The summed E-state index contributed by atoms with van der Waals surface area (Å²) >= 11 is 6.73. The van der Waals surface area contributed by atoms with Crippen LogP contribution in [-0.4, -0.2) is 52.4 Å². The Bertz CT molecular complexity index is 1500. The first-order valence-electron chi connectivity index (χ1n) is 11.1. The standard InChI is InChI=1S/C24H21ClFN7O/c1-11-3-6-14(19-17(8-27)31-32-21(11)19)18-16(25)7-15-22(20(18)26)29-24(34-2)30-23(15)33-9-12-4-5-13(10-33)28-12/h3,6-7,12-13,28H,4-5,9-10H2,1-2H3,(H,31,32). The summed E-state index contributed by atoms with van der Waals surface area (Å²) in [7, 11) is 1.47. The zero-order valence-electron chi connectivity index (χ0n) is 18.6. The van der Waals surface area contributed by atoms with Gasteiger partial charge in [-0.1, -0.05) is 23.7 Å². The third kappa shape index (κ3) is 3.10. The molecule has 10 heteroatoms. The van der Waals surface area contributed by atoms with Gasteiger partial charge in [-0.2, -0.15) is 20.3 Å². The Morgan fingerprint density at radius 1 is 1.24 bits per heavy atom. The van der Waals surface area contributed by atoms with Crippen molar-refractivity contribution in [2.24, 2.45) is 0 Å². The van der Waals surface area contributed by atoms with Crippen molar-refractivity contribution in [2.45, 2.75) is 31.8 Å². The molecular weight excluding hydrogens is 457 g/mol. The first-order valence-corrected chi connectivity index (χ1v) is 11.5. The van der Waals surface area contributed by atoms with Gasteiger partial charge in [0.1, 0.15) is 17.4 Å². The van der Waals surface area contributed by atoms with Gasteiger partial charge in [-0.15, -0.1) is 0 Å². The fourth-order valence-corrected chi connectivity index (χ4v) is 5.56. The summed E-state index contributed by atoms with van der Waals surface area (Å²) in [4.78, 5) is 11.1. The van der Waals surface area contributed by atoms with E-state index in [2.05, 4.69) is 36.5 Å². The van der Waals surface area contributed by atoms with Crippen molar-refractivity contribution in [2.75, 3.05) is 25.1 Å². The first kappa shape index (κ1) is 21.1. The second-order valence-corrected chi connectivity index (χ2v) is 9.29. The maximum Gasteiger partial charge on any atom is 0.318 e. The van der Waals surface area contributed by atoms with Gasteiger partial charge in [0, 0.05) is 41.5 Å². The van der Waals surface area contributed by atoms with Crippen molar-refractivity contribution in [1.29, 1.82) is 5.26 Å². The van der Waals surface area contributed by atoms with Gasteiger partial charge in [0.15, 0.2) is 11.5 Å². The van der Waals surface area contributed by atoms with Gasteiger partial charge in [-0.25, -0.2) is 4.39 Å². The molecule has 34 heavy (non-hydrogen) atoms. The van der Waals surface area contributed by atoms with E-state index in [1.165, 1.54) is 7.11 Å². The highest BCUT2D eigenvalue weighted by molar-refractivity contribution is 6.35. The normalized spacial score (nSPS) is 19.7. The Morgan fingerprint density at radius 2 is 2.00 bits per heavy atom. The first-order chi connectivity index (χ1) is 16.5. The molecule has 2 unspecified atom stereocenters. The molecule has 0 amide bonds. The monoisotopic (exact) mass is 477 g/mol. The van der Waals surface area contributed by atoms with Crippen LogP contribution in [0, 0.1) is 24.1 Å². The van der Waals surface area contributed by atoms with E-state index in [1.54, 1.807) is 12.1 Å². The Kier molecular flexibility index (Phi) is 4.83. The zero-order valence-corrected chi connectivity index (χ0v) is 19.4. The number of aryl methyl sites for hydroxylation is 1. The molecule has 4 aromatic rings. The Morgan fingerprint density at radius 3 is 2.71 bits per heavy atom. The number of fused-ring (bicyclic) bond motifs is 4. The number of benzene rings is 2. The predicted octanol–water partition coefficient (Wildman–Crippen LogP) is 4.09. The molecule has 2 aliphatic rings. The van der Waals surface area contributed by atoms with Gasteiger partial charge in [0.2, 0.25) is 0 Å². The third-order valence-electron chi connectivity index (χ3n) is 6.85. The molecule has 172 valence electrons. The minimum Gasteiger partial charge on any atom is -0.467 e. The van der Waals surface area contributed by atoms with E-state index in [0.717, 1.165) is 31.5 Å². The molecule has 2 aromatic heterocycles. The molecular formula is C24H21ClFN7O. The molecule has 2 saturated heterocycles. The van der Waals surface area contributed by atoms with Crippen LogP contribution in [0.3, 0.4) is 0 Å². The largest absolute Gasteiger partial charge is 0.467 e. The molecule has 4 heterocycles. The lowest BCUT2D eigenvalue weighted by Gasteiger charge is -2.34. The number of halogens is 2. The molecule has 2 bridgehead atoms. The van der Waals surface area contributed by atoms with Gasteiger partial charge in [-0.05, 0) is 37.0 Å². The molecule has 6 rings (SSSR count). The Hall–Kier alpha value is -3.48. The van der Waals surface area contributed by atoms with E-state index in [9.17, 15) is 5.26 Å². The number of nitrogens with zero attached hydrogens (tertiary/aromatic N) is 5. The van der Waals surface area contributed by atoms with E-state index in [4.69, 9.17) is 16.3 Å². The van der Waals surface area contributed by atoms with Crippen LogP contribution in [0.2, 0.25) is 5.02 Å². The van der Waals surface area contributed by atoms with Gasteiger partial charge < -0.3 is 15.0 Å². The summed E-state index contributed by atoms with van der Waals surface area (Å²) in [5.41, 5.74) is 2.52. The molecule has 2 aliphatic heterocycles. The summed E-state index contributed by atoms with van der Waals surface area (Å²) in [5.74, 6) is 0.0282. The van der Waals surface area contributed by atoms with Gasteiger partial charge in [0.25, 0.3) is 0 Å². The number of aromatic amines is 1. The molecule has 2 atom stereocenters. The topological polar surface area (TPSA) is 103 Å². The minimum atomic E-state index is -0.585. The maximum absolute atomic E-state index is 16.2. The van der Waals surface area contributed by atoms with Crippen molar-refractivity contribution in [3.63, 3.8) is 0 Å². The fourth-order valence-electron chi connectivity index (χ4n) is 5.26. The van der Waals surface area contributed by atoms with E-state index in [0.29, 0.717) is 39.8 Å². The number of ether oxygens (including phenoxy) is 1. The molecule has 8 nitrogen and oxygen atoms in total. The number of anilines is 1. The quantitative estimate of drug-likeness (QED) is 0.458. The zero-order chi connectivity index (χ0) is 23.6. The average molecular weight is 478 g/mol. The van der Waals surface area contributed by atoms with Gasteiger partial charge >= 0.3 is 6.01 Å². The number of H-pyrrole nitrogens is 1. The van der Waals surface area contributed by atoms with Crippen LogP contribution >= 0.6 is 11.6 Å². The lowest BCUT2D eigenvalue weighted by Crippen LogP contribution is -2.51. The van der Waals surface area contributed by atoms with E-state index in [1.807, 2.05) is 13.0 Å². The summed E-state index contributed by atoms with van der Waals surface area (Å²) in [5, 5.41) is 21.4. The van der Waals surface area contributed by atoms with Crippen LogP contribution in [0.4, 0.5) is 10.2 Å². The fraction of sp³-hybridized carbons (Fsp3) is 0.333. The van der Waals surface area contributed by atoms with Crippen molar-refractivity contribution in [3.8, 4) is 23.2 Å². The van der Waals surface area contributed by atoms with Crippen molar-refractivity contribution < 1.29 is 9.13 Å². The Labute approximate surface area is 199 Å². The summed E-state index contributed by atoms with van der Waals surface area (Å²) in [6, 6.07) is 8.25. The highest BCUT2D eigenvalue weighted by Crippen LogP contribution is 2.42. The molecule has 0 aliphatic carbocycles. The van der Waals surface area contributed by atoms with E-state index < -0.39 is 5.82 Å². The van der Waals surface area contributed by atoms with Crippen LogP contribution < -0.4 is 15.0 Å². The molecule has 0 spiro atoms. The second kappa shape index (κ2) is 7.79. The second-order valence-electron chi connectivity index (χ2n) is 8.88. The highest BCUT2D eigenvalue weighted by atomic mass is 35.5. The number of aromatic nitrogens is 4. The number of nitrogens with one attached hydrogen (secondary N) is 2. The molecule has 2 fully saturated rings. The number of hydrogen-bond acceptors (Lipinski definition) is 7. The van der Waals surface area contributed by atoms with Crippen LogP contribution in [0.25, 0.3) is 32.9 Å². The number of rotatable bonds is 3. The predicted molar refractivity (Wildman–Crippen MR) is 128 cm³/mol. The molecule has 0 saturated carbocycles. The molecule has 2 N–H and O–H groups in total. The van der Waals surface area contributed by atoms with E-state index in [-0.39, 0.29) is 27.8 Å². The minimum absolute atomic E-state index is 0.0932. The lowest BCUT2D eigenvalue weighted by molar-refractivity contribution is 0.380. The lowest BCUT2D eigenvalue weighted by atomic mass is 9.96. The summed E-state index contributed by atoms with van der Waals surface area (Å²) < 4.78 is 21.6.